The molecule has 11 heteroatoms. The summed E-state index contributed by atoms with van der Waals surface area (Å²) in [6.45, 7) is 4.05. The molecule has 3 aromatic carbocycles. The Bertz CT molecular complexity index is 1490. The van der Waals surface area contributed by atoms with Gasteiger partial charge in [0.05, 0.1) is 23.3 Å². The molecule has 0 N–H and O–H groups in total. The second kappa shape index (κ2) is 10.4. The molecule has 38 heavy (non-hydrogen) atoms. The lowest BCUT2D eigenvalue weighted by atomic mass is 10.0. The zero-order valence-electron chi connectivity index (χ0n) is 20.4. The third-order valence-electron chi connectivity index (χ3n) is 5.93. The average molecular weight is 539 g/mol. The van der Waals surface area contributed by atoms with Gasteiger partial charge in [-0.05, 0) is 59.5 Å². The van der Waals surface area contributed by atoms with Crippen molar-refractivity contribution in [3.05, 3.63) is 95.6 Å². The van der Waals surface area contributed by atoms with Gasteiger partial charge < -0.3 is 4.90 Å². The van der Waals surface area contributed by atoms with Crippen molar-refractivity contribution in [3.8, 4) is 17.1 Å². The normalized spacial score (nSPS) is 15.0. The molecule has 1 aliphatic heterocycles. The maximum atomic E-state index is 13.7. The van der Waals surface area contributed by atoms with E-state index >= 15 is 0 Å². The number of benzene rings is 3. The highest BCUT2D eigenvalue weighted by molar-refractivity contribution is 8.16. The summed E-state index contributed by atoms with van der Waals surface area (Å²) >= 11 is 1.56. The summed E-state index contributed by atoms with van der Waals surface area (Å²) in [6, 6.07) is 16.9. The molecule has 1 aliphatic rings. The predicted molar refractivity (Wildman–Crippen MR) is 142 cm³/mol. The van der Waals surface area contributed by atoms with Gasteiger partial charge in [-0.15, -0.1) is 10.2 Å². The number of alkyl halides is 3. The summed E-state index contributed by atoms with van der Waals surface area (Å²) in [7, 11) is 0. The Labute approximate surface area is 220 Å². The molecular formula is C27H22F4N6S. The summed E-state index contributed by atoms with van der Waals surface area (Å²) in [5.74, 6) is 1.08. The van der Waals surface area contributed by atoms with Crippen LogP contribution in [0.5, 0.6) is 0 Å². The first-order valence-electron chi connectivity index (χ1n) is 11.7. The molecule has 0 saturated carbocycles. The zero-order valence-corrected chi connectivity index (χ0v) is 21.2. The molecule has 0 radical (unpaired) electrons. The molecule has 194 valence electrons. The Morgan fingerprint density at radius 2 is 1.74 bits per heavy atom. The van der Waals surface area contributed by atoms with Gasteiger partial charge >= 0.3 is 6.18 Å². The van der Waals surface area contributed by atoms with E-state index < -0.39 is 11.7 Å². The number of thioether (sulfide) groups is 1. The third-order valence-corrected chi connectivity index (χ3v) is 6.87. The van der Waals surface area contributed by atoms with E-state index in [9.17, 15) is 17.6 Å². The summed E-state index contributed by atoms with van der Waals surface area (Å²) in [5, 5.41) is 13.7. The molecule has 4 aromatic rings. The van der Waals surface area contributed by atoms with Gasteiger partial charge in [0, 0.05) is 11.3 Å². The van der Waals surface area contributed by atoms with Crippen molar-refractivity contribution in [1.29, 1.82) is 0 Å². The maximum absolute atomic E-state index is 13.7. The second-order valence-electron chi connectivity index (χ2n) is 8.87. The SMILES string of the molecule is CC(C)c1cc(F)ccc1N1CS/C1=N\N=C\c1ccc(-c2ncn(-c3ccc(C(F)(F)F)cc3)n2)cc1. The van der Waals surface area contributed by atoms with E-state index in [0.717, 1.165) is 45.6 Å². The Kier molecular flexibility index (Phi) is 7.02. The highest BCUT2D eigenvalue weighted by Crippen LogP contribution is 2.36. The molecule has 5 rings (SSSR count). The van der Waals surface area contributed by atoms with Gasteiger partial charge in [-0.25, -0.2) is 14.1 Å². The van der Waals surface area contributed by atoms with Gasteiger partial charge in [-0.1, -0.05) is 49.9 Å². The third kappa shape index (κ3) is 5.47. The molecule has 1 aromatic heterocycles. The number of rotatable bonds is 6. The van der Waals surface area contributed by atoms with Crippen molar-refractivity contribution in [2.45, 2.75) is 25.9 Å². The lowest BCUT2D eigenvalue weighted by molar-refractivity contribution is -0.137. The molecule has 2 heterocycles. The Morgan fingerprint density at radius 3 is 2.37 bits per heavy atom. The number of aromatic nitrogens is 3. The summed E-state index contributed by atoms with van der Waals surface area (Å²) in [6.07, 6.45) is -1.30. The topological polar surface area (TPSA) is 58.7 Å². The minimum Gasteiger partial charge on any atom is -0.309 e. The summed E-state index contributed by atoms with van der Waals surface area (Å²) in [5.41, 5.74) is 3.18. The van der Waals surface area contributed by atoms with Gasteiger partial charge in [-0.3, -0.25) is 0 Å². The van der Waals surface area contributed by atoms with Crippen molar-refractivity contribution in [2.75, 3.05) is 10.8 Å². The highest BCUT2D eigenvalue weighted by atomic mass is 32.2. The highest BCUT2D eigenvalue weighted by Gasteiger charge is 2.30. The molecule has 0 spiro atoms. The number of nitrogens with zero attached hydrogens (tertiary/aromatic N) is 6. The van der Waals surface area contributed by atoms with Crippen LogP contribution in [-0.4, -0.2) is 32.0 Å². The number of amidine groups is 1. The summed E-state index contributed by atoms with van der Waals surface area (Å²) < 4.78 is 53.5. The van der Waals surface area contributed by atoms with Crippen molar-refractivity contribution in [3.63, 3.8) is 0 Å². The van der Waals surface area contributed by atoms with Crippen LogP contribution in [0.3, 0.4) is 0 Å². The molecule has 0 aliphatic carbocycles. The predicted octanol–water partition coefficient (Wildman–Crippen LogP) is 7.12. The lowest BCUT2D eigenvalue weighted by Gasteiger charge is -2.35. The average Bonchev–Trinajstić information content (AvgIpc) is 3.37. The fourth-order valence-corrected chi connectivity index (χ4v) is 4.58. The Morgan fingerprint density at radius 1 is 1.00 bits per heavy atom. The van der Waals surface area contributed by atoms with Crippen molar-refractivity contribution in [2.24, 2.45) is 10.2 Å². The number of anilines is 1. The van der Waals surface area contributed by atoms with E-state index in [1.54, 1.807) is 30.1 Å². The molecule has 0 atom stereocenters. The first-order chi connectivity index (χ1) is 18.2. The zero-order chi connectivity index (χ0) is 26.9. The molecular weight excluding hydrogens is 516 g/mol. The fraction of sp³-hybridized carbons (Fsp3) is 0.185. The van der Waals surface area contributed by atoms with Gasteiger partial charge in [0.2, 0.25) is 0 Å². The van der Waals surface area contributed by atoms with Crippen LogP contribution in [0, 0.1) is 5.82 Å². The van der Waals surface area contributed by atoms with Crippen molar-refractivity contribution < 1.29 is 17.6 Å². The quantitative estimate of drug-likeness (QED) is 0.149. The van der Waals surface area contributed by atoms with E-state index in [0.29, 0.717) is 11.5 Å². The van der Waals surface area contributed by atoms with E-state index in [2.05, 4.69) is 20.3 Å². The van der Waals surface area contributed by atoms with Crippen LogP contribution in [0.25, 0.3) is 17.1 Å². The second-order valence-corrected chi connectivity index (χ2v) is 9.78. The van der Waals surface area contributed by atoms with E-state index in [4.69, 9.17) is 0 Å². The molecule has 6 nitrogen and oxygen atoms in total. The summed E-state index contributed by atoms with van der Waals surface area (Å²) in [4.78, 5) is 6.28. The van der Waals surface area contributed by atoms with E-state index in [1.807, 2.05) is 43.0 Å². The standard InChI is InChI=1S/C27H22F4N6S/c1-17(2)23-13-21(28)9-12-24(23)36-16-38-26(36)34-33-14-18-3-5-19(6-4-18)25-32-15-37(35-25)22-10-7-20(8-11-22)27(29,30)31/h3-15,17H,16H2,1-2H3/b33-14+,34-26-. The van der Waals surface area contributed by atoms with Gasteiger partial charge in [-0.2, -0.15) is 18.3 Å². The molecule has 0 bridgehead atoms. The van der Waals surface area contributed by atoms with Crippen LogP contribution in [0.15, 0.2) is 83.3 Å². The minimum absolute atomic E-state index is 0.172. The van der Waals surface area contributed by atoms with Crippen molar-refractivity contribution in [1.82, 2.24) is 14.8 Å². The van der Waals surface area contributed by atoms with Crippen molar-refractivity contribution >= 4 is 28.8 Å². The maximum Gasteiger partial charge on any atom is 0.416 e. The molecule has 0 amide bonds. The molecule has 1 fully saturated rings. The van der Waals surface area contributed by atoms with Crippen LogP contribution < -0.4 is 4.90 Å². The fourth-order valence-electron chi connectivity index (χ4n) is 3.86. The minimum atomic E-state index is -4.39. The first kappa shape index (κ1) is 25.7. The van der Waals surface area contributed by atoms with Crippen LogP contribution in [0.4, 0.5) is 23.2 Å². The van der Waals surface area contributed by atoms with Gasteiger partial charge in [0.25, 0.3) is 0 Å². The van der Waals surface area contributed by atoms with Crippen LogP contribution >= 0.6 is 11.8 Å². The van der Waals surface area contributed by atoms with E-state index in [-0.39, 0.29) is 11.7 Å². The molecule has 1 saturated heterocycles. The number of halogens is 4. The largest absolute Gasteiger partial charge is 0.416 e. The van der Waals surface area contributed by atoms with Crippen LogP contribution in [-0.2, 0) is 6.18 Å². The Balaban J connectivity index is 1.26. The molecule has 0 unspecified atom stereocenters. The van der Waals surface area contributed by atoms with Crippen LogP contribution in [0.1, 0.15) is 36.5 Å². The number of hydrogen-bond donors (Lipinski definition) is 0. The van der Waals surface area contributed by atoms with Gasteiger partial charge in [0.1, 0.15) is 12.1 Å². The smallest absolute Gasteiger partial charge is 0.309 e. The Hall–Kier alpha value is -3.99. The van der Waals surface area contributed by atoms with Crippen LogP contribution in [0.2, 0.25) is 0 Å². The monoisotopic (exact) mass is 538 g/mol. The van der Waals surface area contributed by atoms with E-state index in [1.165, 1.54) is 29.2 Å². The van der Waals surface area contributed by atoms with Gasteiger partial charge in [0.15, 0.2) is 11.0 Å². The number of hydrogen-bond acceptors (Lipinski definition) is 5. The first-order valence-corrected chi connectivity index (χ1v) is 12.7. The lowest BCUT2D eigenvalue weighted by Crippen LogP contribution is -2.39.